The van der Waals surface area contributed by atoms with Gasteiger partial charge in [0.05, 0.1) is 5.69 Å². The number of primary amides is 1. The molecule has 0 unspecified atom stereocenters. The first-order valence-corrected chi connectivity index (χ1v) is 7.32. The first kappa shape index (κ1) is 16.7. The van der Waals surface area contributed by atoms with Crippen LogP contribution in [0.15, 0.2) is 28.8 Å². The lowest BCUT2D eigenvalue weighted by atomic mass is 10.1. The minimum Gasteiger partial charge on any atom is -0.444 e. The van der Waals surface area contributed by atoms with Crippen molar-refractivity contribution in [1.29, 1.82) is 0 Å². The molecule has 6 heteroatoms. The Balaban J connectivity index is 2.31. The van der Waals surface area contributed by atoms with Crippen LogP contribution in [0.1, 0.15) is 50.0 Å². The highest BCUT2D eigenvalue weighted by Crippen LogP contribution is 2.27. The number of hydrogen-bond acceptors (Lipinski definition) is 4. The molecular weight excluding hydrogens is 294 g/mol. The van der Waals surface area contributed by atoms with Crippen molar-refractivity contribution in [2.24, 2.45) is 10.7 Å². The Morgan fingerprint density at radius 2 is 2.00 bits per heavy atom. The first-order chi connectivity index (χ1) is 10.6. The molecule has 0 fully saturated rings. The molecule has 1 heterocycles. The molecule has 0 saturated carbocycles. The van der Waals surface area contributed by atoms with Gasteiger partial charge in [-0.1, -0.05) is 17.7 Å². The van der Waals surface area contributed by atoms with Gasteiger partial charge in [0.2, 0.25) is 5.91 Å². The third-order valence-corrected chi connectivity index (χ3v) is 3.06. The summed E-state index contributed by atoms with van der Waals surface area (Å²) < 4.78 is 5.24. The Bertz CT molecular complexity index is 712. The SMILES string of the molecule is CC1=Cc2ccc(C(N)=O)cc2N=C(NC(=O)OC(C)(C)C)C1. The fraction of sp³-hybridized carbons (Fsp3) is 0.353. The lowest BCUT2D eigenvalue weighted by Crippen LogP contribution is -2.36. The number of ether oxygens (including phenoxy) is 1. The van der Waals surface area contributed by atoms with E-state index in [1.807, 2.05) is 13.0 Å². The molecule has 0 bridgehead atoms. The molecule has 0 aliphatic carbocycles. The molecule has 0 atom stereocenters. The maximum atomic E-state index is 11.9. The minimum atomic E-state index is -0.586. The number of nitrogens with two attached hydrogens (primary N) is 1. The predicted molar refractivity (Wildman–Crippen MR) is 89.7 cm³/mol. The number of rotatable bonds is 1. The molecule has 1 aromatic carbocycles. The molecule has 0 radical (unpaired) electrons. The van der Waals surface area contributed by atoms with E-state index in [0.29, 0.717) is 23.5 Å². The number of fused-ring (bicyclic) bond motifs is 1. The highest BCUT2D eigenvalue weighted by Gasteiger charge is 2.19. The van der Waals surface area contributed by atoms with Crippen LogP contribution >= 0.6 is 0 Å². The Kier molecular flexibility index (Phi) is 4.54. The van der Waals surface area contributed by atoms with E-state index in [0.717, 1.165) is 11.1 Å². The summed E-state index contributed by atoms with van der Waals surface area (Å²) in [6, 6.07) is 5.06. The van der Waals surface area contributed by atoms with E-state index in [-0.39, 0.29) is 0 Å². The molecule has 23 heavy (non-hydrogen) atoms. The zero-order valence-electron chi connectivity index (χ0n) is 13.8. The van der Waals surface area contributed by atoms with Crippen molar-refractivity contribution in [2.45, 2.75) is 39.7 Å². The third-order valence-electron chi connectivity index (χ3n) is 3.06. The fourth-order valence-electron chi connectivity index (χ4n) is 2.17. The summed E-state index contributed by atoms with van der Waals surface area (Å²) in [4.78, 5) is 27.7. The monoisotopic (exact) mass is 315 g/mol. The molecule has 122 valence electrons. The van der Waals surface area contributed by atoms with Gasteiger partial charge in [-0.3, -0.25) is 10.1 Å². The molecule has 2 amide bonds. The lowest BCUT2D eigenvalue weighted by Gasteiger charge is -2.20. The maximum Gasteiger partial charge on any atom is 0.413 e. The predicted octanol–water partition coefficient (Wildman–Crippen LogP) is 3.15. The number of alkyl carbamates (subject to hydrolysis) is 1. The van der Waals surface area contributed by atoms with Crippen LogP contribution in [0.3, 0.4) is 0 Å². The quantitative estimate of drug-likeness (QED) is 0.833. The Labute approximate surface area is 135 Å². The number of aliphatic imine (C=N–C) groups is 1. The zero-order chi connectivity index (χ0) is 17.2. The van der Waals surface area contributed by atoms with E-state index in [1.165, 1.54) is 0 Å². The molecule has 1 aromatic rings. The standard InChI is InChI=1S/C17H21N3O3/c1-10-7-11-5-6-12(15(18)21)9-13(11)19-14(8-10)20-16(22)23-17(2,3)4/h5-7,9H,8H2,1-4H3,(H2,18,21)(H,19,20,22). The minimum absolute atomic E-state index is 0.372. The number of carbonyl (C=O) groups excluding carboxylic acids is 2. The number of hydrogen-bond donors (Lipinski definition) is 2. The Hall–Kier alpha value is -2.63. The summed E-state index contributed by atoms with van der Waals surface area (Å²) in [6.07, 6.45) is 1.89. The molecule has 1 aliphatic heterocycles. The largest absolute Gasteiger partial charge is 0.444 e. The van der Waals surface area contributed by atoms with Gasteiger partial charge in [0.15, 0.2) is 0 Å². The fourth-order valence-corrected chi connectivity index (χ4v) is 2.17. The summed E-state index contributed by atoms with van der Waals surface area (Å²) in [5.41, 5.74) is 7.58. The summed E-state index contributed by atoms with van der Waals surface area (Å²) in [6.45, 7) is 7.33. The van der Waals surface area contributed by atoms with Gasteiger partial charge in [-0.2, -0.15) is 0 Å². The smallest absolute Gasteiger partial charge is 0.413 e. The third kappa shape index (κ3) is 4.67. The molecule has 0 spiro atoms. The van der Waals surface area contributed by atoms with Gasteiger partial charge in [0, 0.05) is 17.5 Å². The van der Waals surface area contributed by atoms with E-state index >= 15 is 0 Å². The van der Waals surface area contributed by atoms with Crippen LogP contribution in [0.5, 0.6) is 0 Å². The van der Waals surface area contributed by atoms with Crippen LogP contribution in [-0.2, 0) is 4.74 Å². The second kappa shape index (κ2) is 6.24. The van der Waals surface area contributed by atoms with Crippen LogP contribution in [0, 0.1) is 0 Å². The molecule has 0 saturated heterocycles. The van der Waals surface area contributed by atoms with Gasteiger partial charge in [-0.15, -0.1) is 0 Å². The normalized spacial score (nSPS) is 14.1. The Morgan fingerprint density at radius 3 is 2.61 bits per heavy atom. The second-order valence-electron chi connectivity index (χ2n) is 6.49. The summed E-state index contributed by atoms with van der Waals surface area (Å²) >= 11 is 0. The lowest BCUT2D eigenvalue weighted by molar-refractivity contribution is 0.0562. The van der Waals surface area contributed by atoms with Crippen molar-refractivity contribution in [1.82, 2.24) is 5.32 Å². The van der Waals surface area contributed by atoms with Gasteiger partial charge < -0.3 is 10.5 Å². The number of benzene rings is 1. The van der Waals surface area contributed by atoms with Crippen LogP contribution < -0.4 is 11.1 Å². The number of carbonyl (C=O) groups is 2. The highest BCUT2D eigenvalue weighted by atomic mass is 16.6. The van der Waals surface area contributed by atoms with Crippen LogP contribution in [-0.4, -0.2) is 23.4 Å². The van der Waals surface area contributed by atoms with Crippen molar-refractivity contribution in [3.05, 3.63) is 34.9 Å². The average molecular weight is 315 g/mol. The molecule has 1 aliphatic rings. The number of amidine groups is 1. The van der Waals surface area contributed by atoms with Gasteiger partial charge >= 0.3 is 6.09 Å². The molecule has 6 nitrogen and oxygen atoms in total. The van der Waals surface area contributed by atoms with Crippen molar-refractivity contribution in [3.8, 4) is 0 Å². The van der Waals surface area contributed by atoms with E-state index in [1.54, 1.807) is 39.0 Å². The summed E-state index contributed by atoms with van der Waals surface area (Å²) in [5, 5.41) is 2.67. The van der Waals surface area contributed by atoms with Gasteiger partial charge in [-0.25, -0.2) is 9.79 Å². The van der Waals surface area contributed by atoms with Crippen molar-refractivity contribution >= 4 is 29.6 Å². The molecule has 0 aromatic heterocycles. The number of nitrogens with zero attached hydrogens (tertiary/aromatic N) is 1. The number of amides is 2. The Morgan fingerprint density at radius 1 is 1.30 bits per heavy atom. The van der Waals surface area contributed by atoms with E-state index < -0.39 is 17.6 Å². The zero-order valence-corrected chi connectivity index (χ0v) is 13.8. The van der Waals surface area contributed by atoms with Gasteiger partial charge in [0.25, 0.3) is 0 Å². The highest BCUT2D eigenvalue weighted by molar-refractivity contribution is 6.01. The van der Waals surface area contributed by atoms with Gasteiger partial charge in [-0.05, 0) is 39.8 Å². The first-order valence-electron chi connectivity index (χ1n) is 7.32. The van der Waals surface area contributed by atoms with Crippen LogP contribution in [0.4, 0.5) is 10.5 Å². The molecule has 2 rings (SSSR count). The van der Waals surface area contributed by atoms with E-state index in [2.05, 4.69) is 10.3 Å². The summed E-state index contributed by atoms with van der Waals surface area (Å²) in [5.74, 6) is -0.0528. The van der Waals surface area contributed by atoms with Crippen LogP contribution in [0.2, 0.25) is 0 Å². The topological polar surface area (TPSA) is 93.8 Å². The maximum absolute atomic E-state index is 11.9. The van der Waals surface area contributed by atoms with Gasteiger partial charge in [0.1, 0.15) is 11.4 Å². The number of nitrogens with one attached hydrogen (secondary N) is 1. The van der Waals surface area contributed by atoms with E-state index in [9.17, 15) is 9.59 Å². The molecule has 3 N–H and O–H groups in total. The average Bonchev–Trinajstić information content (AvgIpc) is 2.52. The van der Waals surface area contributed by atoms with Crippen molar-refractivity contribution in [3.63, 3.8) is 0 Å². The second-order valence-corrected chi connectivity index (χ2v) is 6.49. The molecular formula is C17H21N3O3. The van der Waals surface area contributed by atoms with Crippen molar-refractivity contribution in [2.75, 3.05) is 0 Å². The van der Waals surface area contributed by atoms with Crippen LogP contribution in [0.25, 0.3) is 6.08 Å². The van der Waals surface area contributed by atoms with Crippen molar-refractivity contribution < 1.29 is 14.3 Å². The van der Waals surface area contributed by atoms with E-state index in [4.69, 9.17) is 10.5 Å². The summed E-state index contributed by atoms with van der Waals surface area (Å²) in [7, 11) is 0.